The average molecular weight is 385 g/mol. The number of hydrogen-bond donors (Lipinski definition) is 0. The van der Waals surface area contributed by atoms with E-state index < -0.39 is 0 Å². The van der Waals surface area contributed by atoms with Gasteiger partial charge in [-0.3, -0.25) is 0 Å². The molecule has 0 N–H and O–H groups in total. The molecule has 0 amide bonds. The van der Waals surface area contributed by atoms with E-state index in [2.05, 4.69) is 10.2 Å². The first-order chi connectivity index (χ1) is 11.1. The van der Waals surface area contributed by atoms with Gasteiger partial charge in [-0.15, -0.1) is 10.2 Å². The molecule has 0 bridgehead atoms. The lowest BCUT2D eigenvalue weighted by Crippen LogP contribution is -1.95. The van der Waals surface area contributed by atoms with Crippen LogP contribution in [0, 0.1) is 0 Å². The maximum Gasteiger partial charge on any atom is 0.191 e. The molecule has 23 heavy (non-hydrogen) atoms. The fourth-order valence-electron chi connectivity index (χ4n) is 2.09. The second-order valence-electron chi connectivity index (χ2n) is 4.88. The Balaban J connectivity index is 1.80. The molecule has 0 aliphatic rings. The summed E-state index contributed by atoms with van der Waals surface area (Å²) in [5, 5.41) is 11.1. The van der Waals surface area contributed by atoms with Crippen molar-refractivity contribution < 1.29 is 0 Å². The molecule has 2 aromatic carbocycles. The zero-order valence-electron chi connectivity index (χ0n) is 12.1. The summed E-state index contributed by atoms with van der Waals surface area (Å²) in [7, 11) is 1.93. The SMILES string of the molecule is Cn1c(SCc2ccc(Cl)c(Cl)c2)nnc1-c1ccccc1Cl. The maximum atomic E-state index is 6.23. The van der Waals surface area contributed by atoms with Crippen LogP contribution in [0.2, 0.25) is 15.1 Å². The van der Waals surface area contributed by atoms with Crippen molar-refractivity contribution in [2.24, 2.45) is 7.05 Å². The molecule has 118 valence electrons. The van der Waals surface area contributed by atoms with Crippen molar-refractivity contribution in [3.05, 3.63) is 63.1 Å². The standard InChI is InChI=1S/C16H12Cl3N3S/c1-22-15(11-4-2-3-5-12(11)17)20-21-16(22)23-9-10-6-7-13(18)14(19)8-10/h2-8H,9H2,1H3. The average Bonchev–Trinajstić information content (AvgIpc) is 2.90. The Hall–Kier alpha value is -1.20. The predicted octanol–water partition coefficient (Wildman–Crippen LogP) is 5.73. The van der Waals surface area contributed by atoms with Crippen molar-refractivity contribution in [3.63, 3.8) is 0 Å². The molecule has 0 aliphatic carbocycles. The zero-order valence-corrected chi connectivity index (χ0v) is 15.2. The third-order valence-electron chi connectivity index (χ3n) is 3.30. The number of aromatic nitrogens is 3. The van der Waals surface area contributed by atoms with E-state index in [1.165, 1.54) is 0 Å². The highest BCUT2D eigenvalue weighted by Gasteiger charge is 2.13. The fourth-order valence-corrected chi connectivity index (χ4v) is 3.49. The van der Waals surface area contributed by atoms with Gasteiger partial charge in [0.25, 0.3) is 0 Å². The summed E-state index contributed by atoms with van der Waals surface area (Å²) >= 11 is 19.8. The van der Waals surface area contributed by atoms with Crippen LogP contribution in [0.5, 0.6) is 0 Å². The number of hydrogen-bond acceptors (Lipinski definition) is 3. The predicted molar refractivity (Wildman–Crippen MR) is 97.5 cm³/mol. The van der Waals surface area contributed by atoms with Crippen LogP contribution >= 0.6 is 46.6 Å². The third-order valence-corrected chi connectivity index (χ3v) is 5.46. The summed E-state index contributed by atoms with van der Waals surface area (Å²) in [6, 6.07) is 13.2. The minimum absolute atomic E-state index is 0.555. The molecule has 1 aromatic heterocycles. The number of benzene rings is 2. The molecule has 3 aromatic rings. The minimum Gasteiger partial charge on any atom is -0.305 e. The summed E-state index contributed by atoms with van der Waals surface area (Å²) in [6.07, 6.45) is 0. The molecule has 0 spiro atoms. The molecule has 0 atom stereocenters. The largest absolute Gasteiger partial charge is 0.305 e. The normalized spacial score (nSPS) is 11.0. The van der Waals surface area contributed by atoms with E-state index in [1.54, 1.807) is 17.8 Å². The summed E-state index contributed by atoms with van der Waals surface area (Å²) in [6.45, 7) is 0. The van der Waals surface area contributed by atoms with Crippen LogP contribution < -0.4 is 0 Å². The van der Waals surface area contributed by atoms with Crippen LogP contribution in [0.3, 0.4) is 0 Å². The van der Waals surface area contributed by atoms with E-state index in [0.29, 0.717) is 15.1 Å². The van der Waals surface area contributed by atoms with Crippen molar-refractivity contribution in [2.45, 2.75) is 10.9 Å². The number of nitrogens with zero attached hydrogens (tertiary/aromatic N) is 3. The summed E-state index contributed by atoms with van der Waals surface area (Å²) in [5.74, 6) is 1.47. The minimum atomic E-state index is 0.555. The van der Waals surface area contributed by atoms with Crippen LogP contribution in [0.4, 0.5) is 0 Å². The lowest BCUT2D eigenvalue weighted by Gasteiger charge is -2.06. The van der Waals surface area contributed by atoms with E-state index >= 15 is 0 Å². The van der Waals surface area contributed by atoms with Gasteiger partial charge in [0.05, 0.1) is 15.1 Å². The molecule has 0 radical (unpaired) electrons. The van der Waals surface area contributed by atoms with Crippen molar-refractivity contribution in [1.82, 2.24) is 14.8 Å². The number of rotatable bonds is 4. The van der Waals surface area contributed by atoms with Gasteiger partial charge in [0, 0.05) is 18.4 Å². The van der Waals surface area contributed by atoms with Crippen LogP contribution in [0.15, 0.2) is 47.6 Å². The smallest absolute Gasteiger partial charge is 0.191 e. The topological polar surface area (TPSA) is 30.7 Å². The monoisotopic (exact) mass is 383 g/mol. The Morgan fingerprint density at radius 1 is 0.957 bits per heavy atom. The third kappa shape index (κ3) is 3.66. The molecule has 0 saturated heterocycles. The van der Waals surface area contributed by atoms with Crippen LogP contribution in [0.25, 0.3) is 11.4 Å². The molecular weight excluding hydrogens is 373 g/mol. The van der Waals surface area contributed by atoms with Gasteiger partial charge in [-0.2, -0.15) is 0 Å². The Labute approximate surface area is 153 Å². The first kappa shape index (κ1) is 16.7. The van der Waals surface area contributed by atoms with Gasteiger partial charge in [-0.1, -0.05) is 64.8 Å². The molecule has 3 rings (SSSR count). The number of halogens is 3. The second-order valence-corrected chi connectivity index (χ2v) is 7.05. The van der Waals surface area contributed by atoms with Gasteiger partial charge < -0.3 is 4.57 Å². The Bertz CT molecular complexity index is 848. The maximum absolute atomic E-state index is 6.23. The molecule has 3 nitrogen and oxygen atoms in total. The van der Waals surface area contributed by atoms with Gasteiger partial charge in [0.15, 0.2) is 11.0 Å². The van der Waals surface area contributed by atoms with Crippen molar-refractivity contribution in [3.8, 4) is 11.4 Å². The van der Waals surface area contributed by atoms with Crippen LogP contribution in [-0.4, -0.2) is 14.8 Å². The first-order valence-corrected chi connectivity index (χ1v) is 8.89. The van der Waals surface area contributed by atoms with Crippen LogP contribution in [-0.2, 0) is 12.8 Å². The van der Waals surface area contributed by atoms with Gasteiger partial charge >= 0.3 is 0 Å². The quantitative estimate of drug-likeness (QED) is 0.538. The summed E-state index contributed by atoms with van der Waals surface area (Å²) < 4.78 is 1.93. The van der Waals surface area contributed by atoms with Crippen molar-refractivity contribution >= 4 is 46.6 Å². The highest BCUT2D eigenvalue weighted by molar-refractivity contribution is 7.98. The van der Waals surface area contributed by atoms with Crippen molar-refractivity contribution in [2.75, 3.05) is 0 Å². The van der Waals surface area contributed by atoms with Gasteiger partial charge in [-0.25, -0.2) is 0 Å². The zero-order chi connectivity index (χ0) is 16.4. The molecule has 1 heterocycles. The van der Waals surface area contributed by atoms with E-state index in [-0.39, 0.29) is 0 Å². The molecule has 0 fully saturated rings. The van der Waals surface area contributed by atoms with Gasteiger partial charge in [0.1, 0.15) is 0 Å². The molecule has 7 heteroatoms. The summed E-state index contributed by atoms with van der Waals surface area (Å²) in [4.78, 5) is 0. The Morgan fingerprint density at radius 3 is 2.48 bits per heavy atom. The molecule has 0 aliphatic heterocycles. The van der Waals surface area contributed by atoms with E-state index in [4.69, 9.17) is 34.8 Å². The van der Waals surface area contributed by atoms with Gasteiger partial charge in [0.2, 0.25) is 0 Å². The highest BCUT2D eigenvalue weighted by atomic mass is 35.5. The molecule has 0 unspecified atom stereocenters. The van der Waals surface area contributed by atoms with E-state index in [0.717, 1.165) is 27.9 Å². The van der Waals surface area contributed by atoms with Crippen molar-refractivity contribution in [1.29, 1.82) is 0 Å². The van der Waals surface area contributed by atoms with Gasteiger partial charge in [-0.05, 0) is 29.8 Å². The lowest BCUT2D eigenvalue weighted by molar-refractivity contribution is 0.794. The Morgan fingerprint density at radius 2 is 1.74 bits per heavy atom. The fraction of sp³-hybridized carbons (Fsp3) is 0.125. The van der Waals surface area contributed by atoms with E-state index in [9.17, 15) is 0 Å². The molecular formula is C16H12Cl3N3S. The first-order valence-electron chi connectivity index (χ1n) is 6.77. The lowest BCUT2D eigenvalue weighted by atomic mass is 10.2. The number of thioether (sulfide) groups is 1. The highest BCUT2D eigenvalue weighted by Crippen LogP contribution is 2.30. The Kier molecular flexibility index (Phi) is 5.17. The summed E-state index contributed by atoms with van der Waals surface area (Å²) in [5.41, 5.74) is 1.94. The second kappa shape index (κ2) is 7.14. The molecule has 0 saturated carbocycles. The van der Waals surface area contributed by atoms with Crippen LogP contribution in [0.1, 0.15) is 5.56 Å². The van der Waals surface area contributed by atoms with E-state index in [1.807, 2.05) is 48.0 Å².